The minimum atomic E-state index is 0.241. The second-order valence-corrected chi connectivity index (χ2v) is 5.08. The Morgan fingerprint density at radius 2 is 2.14 bits per heavy atom. The molecular weight excluding hydrogens is 262 g/mol. The fraction of sp³-hybridized carbons (Fsp3) is 0.235. The summed E-state index contributed by atoms with van der Waals surface area (Å²) >= 11 is 0. The fourth-order valence-corrected chi connectivity index (χ4v) is 2.36. The van der Waals surface area contributed by atoms with Crippen LogP contribution >= 0.6 is 0 Å². The monoisotopic (exact) mass is 281 g/mol. The second-order valence-electron chi connectivity index (χ2n) is 5.08. The summed E-state index contributed by atoms with van der Waals surface area (Å²) in [5, 5.41) is 3.50. The van der Waals surface area contributed by atoms with Crippen molar-refractivity contribution in [1.29, 1.82) is 0 Å². The number of benzene rings is 1. The van der Waals surface area contributed by atoms with E-state index in [9.17, 15) is 0 Å². The van der Waals surface area contributed by atoms with Crippen molar-refractivity contribution in [1.82, 2.24) is 14.7 Å². The number of hydrogen-bond donors (Lipinski definition) is 1. The van der Waals surface area contributed by atoms with Crippen LogP contribution in [0.2, 0.25) is 0 Å². The van der Waals surface area contributed by atoms with E-state index < -0.39 is 0 Å². The summed E-state index contributed by atoms with van der Waals surface area (Å²) in [6.45, 7) is 2.88. The highest BCUT2D eigenvalue weighted by molar-refractivity contribution is 5.39. The van der Waals surface area contributed by atoms with Gasteiger partial charge in [-0.2, -0.15) is 0 Å². The summed E-state index contributed by atoms with van der Waals surface area (Å²) in [7, 11) is 1.69. The molecule has 3 rings (SSSR count). The van der Waals surface area contributed by atoms with Gasteiger partial charge in [-0.1, -0.05) is 18.2 Å². The van der Waals surface area contributed by atoms with Crippen LogP contribution in [0.4, 0.5) is 0 Å². The van der Waals surface area contributed by atoms with Crippen molar-refractivity contribution < 1.29 is 4.74 Å². The molecule has 0 spiro atoms. The highest BCUT2D eigenvalue weighted by Gasteiger charge is 2.07. The third-order valence-corrected chi connectivity index (χ3v) is 3.60. The van der Waals surface area contributed by atoms with Crippen LogP contribution in [-0.4, -0.2) is 16.5 Å². The van der Waals surface area contributed by atoms with E-state index in [2.05, 4.69) is 35.6 Å². The summed E-state index contributed by atoms with van der Waals surface area (Å²) in [6, 6.07) is 14.4. The third-order valence-electron chi connectivity index (χ3n) is 3.60. The first-order chi connectivity index (χ1) is 10.3. The van der Waals surface area contributed by atoms with Gasteiger partial charge in [0.15, 0.2) is 0 Å². The zero-order valence-electron chi connectivity index (χ0n) is 12.3. The third kappa shape index (κ3) is 3.06. The Bertz CT molecular complexity index is 702. The Morgan fingerprint density at radius 3 is 2.95 bits per heavy atom. The van der Waals surface area contributed by atoms with Gasteiger partial charge in [0.05, 0.1) is 12.8 Å². The van der Waals surface area contributed by atoms with Crippen LogP contribution in [0.15, 0.2) is 54.9 Å². The molecule has 21 heavy (non-hydrogen) atoms. The molecule has 0 unspecified atom stereocenters. The van der Waals surface area contributed by atoms with E-state index in [1.807, 2.05) is 40.9 Å². The van der Waals surface area contributed by atoms with Gasteiger partial charge in [0, 0.05) is 25.0 Å². The Hall–Kier alpha value is -2.33. The van der Waals surface area contributed by atoms with E-state index in [-0.39, 0.29) is 6.04 Å². The lowest BCUT2D eigenvalue weighted by atomic mass is 10.1. The lowest BCUT2D eigenvalue weighted by Crippen LogP contribution is -2.18. The molecule has 0 amide bonds. The van der Waals surface area contributed by atoms with Crippen molar-refractivity contribution in [2.45, 2.75) is 19.5 Å². The lowest BCUT2D eigenvalue weighted by molar-refractivity contribution is 0.413. The zero-order chi connectivity index (χ0) is 14.7. The van der Waals surface area contributed by atoms with Crippen molar-refractivity contribution in [2.24, 2.45) is 0 Å². The molecule has 0 aliphatic rings. The summed E-state index contributed by atoms with van der Waals surface area (Å²) in [4.78, 5) is 4.59. The van der Waals surface area contributed by atoms with Crippen LogP contribution < -0.4 is 10.1 Å². The molecule has 2 aromatic heterocycles. The van der Waals surface area contributed by atoms with Crippen molar-refractivity contribution in [3.05, 3.63) is 66.1 Å². The minimum Gasteiger partial charge on any atom is -0.497 e. The van der Waals surface area contributed by atoms with E-state index in [0.717, 1.165) is 23.6 Å². The van der Waals surface area contributed by atoms with Crippen molar-refractivity contribution in [3.8, 4) is 5.75 Å². The van der Waals surface area contributed by atoms with Gasteiger partial charge in [0.2, 0.25) is 0 Å². The molecule has 0 radical (unpaired) electrons. The molecule has 4 nitrogen and oxygen atoms in total. The van der Waals surface area contributed by atoms with Crippen LogP contribution in [-0.2, 0) is 6.54 Å². The van der Waals surface area contributed by atoms with Crippen LogP contribution in [0.3, 0.4) is 0 Å². The minimum absolute atomic E-state index is 0.241. The molecule has 0 bridgehead atoms. The Morgan fingerprint density at radius 1 is 1.24 bits per heavy atom. The molecule has 2 heterocycles. The molecule has 0 aliphatic heterocycles. The van der Waals surface area contributed by atoms with Gasteiger partial charge >= 0.3 is 0 Å². The first-order valence-electron chi connectivity index (χ1n) is 7.06. The topological polar surface area (TPSA) is 38.6 Å². The van der Waals surface area contributed by atoms with E-state index in [0.29, 0.717) is 0 Å². The molecule has 1 aromatic carbocycles. The van der Waals surface area contributed by atoms with E-state index in [1.165, 1.54) is 5.56 Å². The summed E-state index contributed by atoms with van der Waals surface area (Å²) in [6.07, 6.45) is 4.07. The maximum Gasteiger partial charge on any atom is 0.137 e. The molecule has 4 heteroatoms. The van der Waals surface area contributed by atoms with Gasteiger partial charge in [0.25, 0.3) is 0 Å². The largest absolute Gasteiger partial charge is 0.497 e. The molecule has 108 valence electrons. The maximum atomic E-state index is 5.26. The fourth-order valence-electron chi connectivity index (χ4n) is 2.36. The number of methoxy groups -OCH3 is 1. The smallest absolute Gasteiger partial charge is 0.137 e. The Balaban J connectivity index is 1.68. The van der Waals surface area contributed by atoms with Gasteiger partial charge in [-0.3, -0.25) is 0 Å². The predicted octanol–water partition coefficient (Wildman–Crippen LogP) is 3.19. The average Bonchev–Trinajstić information content (AvgIpc) is 2.95. The molecule has 0 fully saturated rings. The lowest BCUT2D eigenvalue weighted by Gasteiger charge is -2.14. The normalized spacial score (nSPS) is 12.5. The number of imidazole rings is 1. The van der Waals surface area contributed by atoms with E-state index >= 15 is 0 Å². The first kappa shape index (κ1) is 13.6. The molecule has 1 atom stereocenters. The number of aromatic nitrogens is 2. The number of rotatable bonds is 5. The molecule has 0 saturated carbocycles. The molecule has 1 N–H and O–H groups in total. The van der Waals surface area contributed by atoms with Gasteiger partial charge in [-0.25, -0.2) is 4.98 Å². The van der Waals surface area contributed by atoms with Crippen LogP contribution in [0, 0.1) is 0 Å². The van der Waals surface area contributed by atoms with Gasteiger partial charge < -0.3 is 14.5 Å². The summed E-state index contributed by atoms with van der Waals surface area (Å²) in [5.74, 6) is 0.883. The average molecular weight is 281 g/mol. The molecular formula is C17H19N3O. The maximum absolute atomic E-state index is 5.26. The SMILES string of the molecule is COc1cccc([C@@H](C)NCc2cn3ccccc3n2)c1. The molecule has 3 aromatic rings. The molecule has 0 aliphatic carbocycles. The van der Waals surface area contributed by atoms with Crippen molar-refractivity contribution in [3.63, 3.8) is 0 Å². The van der Waals surface area contributed by atoms with E-state index in [1.54, 1.807) is 7.11 Å². The number of nitrogens with one attached hydrogen (secondary N) is 1. The van der Waals surface area contributed by atoms with Crippen molar-refractivity contribution in [2.75, 3.05) is 7.11 Å². The number of fused-ring (bicyclic) bond motifs is 1. The Labute approximate surface area is 124 Å². The van der Waals surface area contributed by atoms with Crippen LogP contribution in [0.25, 0.3) is 5.65 Å². The predicted molar refractivity (Wildman–Crippen MR) is 83.4 cm³/mol. The standard InChI is InChI=1S/C17H19N3O/c1-13(14-6-5-7-16(10-14)21-2)18-11-15-12-20-9-4-3-8-17(20)19-15/h3-10,12-13,18H,11H2,1-2H3/t13-/m1/s1. The van der Waals surface area contributed by atoms with Gasteiger partial charge in [0.1, 0.15) is 11.4 Å². The van der Waals surface area contributed by atoms with Gasteiger partial charge in [-0.15, -0.1) is 0 Å². The number of hydrogen-bond acceptors (Lipinski definition) is 3. The number of pyridine rings is 1. The molecule has 0 saturated heterocycles. The van der Waals surface area contributed by atoms with Crippen LogP contribution in [0.1, 0.15) is 24.2 Å². The van der Waals surface area contributed by atoms with Crippen molar-refractivity contribution >= 4 is 5.65 Å². The zero-order valence-corrected chi connectivity index (χ0v) is 12.3. The number of nitrogens with zero attached hydrogens (tertiary/aromatic N) is 2. The number of ether oxygens (including phenoxy) is 1. The summed E-state index contributed by atoms with van der Waals surface area (Å²) in [5.41, 5.74) is 3.22. The highest BCUT2D eigenvalue weighted by atomic mass is 16.5. The first-order valence-corrected chi connectivity index (χ1v) is 7.06. The van der Waals surface area contributed by atoms with Crippen LogP contribution in [0.5, 0.6) is 5.75 Å². The second kappa shape index (κ2) is 5.97. The highest BCUT2D eigenvalue weighted by Crippen LogP contribution is 2.19. The van der Waals surface area contributed by atoms with E-state index in [4.69, 9.17) is 4.74 Å². The Kier molecular flexibility index (Phi) is 3.88. The summed E-state index contributed by atoms with van der Waals surface area (Å²) < 4.78 is 7.30. The van der Waals surface area contributed by atoms with Gasteiger partial charge in [-0.05, 0) is 36.8 Å². The quantitative estimate of drug-likeness (QED) is 0.780.